The molecular weight excluding hydrogens is 479 g/mol. The summed E-state index contributed by atoms with van der Waals surface area (Å²) in [6, 6.07) is 27.1. The number of nitrogens with zero attached hydrogens (tertiary/aromatic N) is 2. The zero-order valence-corrected chi connectivity index (χ0v) is 22.2. The van der Waals surface area contributed by atoms with Crippen molar-refractivity contribution in [1.29, 1.82) is 0 Å². The van der Waals surface area contributed by atoms with Crippen molar-refractivity contribution in [2.75, 3.05) is 26.7 Å². The SMILES string of the molecule is CC(=O)C1(c2ccccc2)CCN(C[C@@H]2C[C@@H]2c2ccccc2)CC1.CN(Cc1ccc(F)cc1)C(=O)O. The highest BCUT2D eigenvalue weighted by atomic mass is 19.1. The number of benzene rings is 3. The summed E-state index contributed by atoms with van der Waals surface area (Å²) in [7, 11) is 1.46. The molecule has 1 saturated carbocycles. The maximum atomic E-state index is 12.5. The number of likely N-dealkylation sites (tertiary alicyclic amines) is 1. The van der Waals surface area contributed by atoms with Gasteiger partial charge >= 0.3 is 6.09 Å². The smallest absolute Gasteiger partial charge is 0.407 e. The minimum absolute atomic E-state index is 0.264. The first-order valence-electron chi connectivity index (χ1n) is 13.3. The van der Waals surface area contributed by atoms with E-state index in [9.17, 15) is 14.0 Å². The van der Waals surface area contributed by atoms with E-state index in [-0.39, 0.29) is 17.8 Å². The molecule has 1 saturated heterocycles. The second-order valence-electron chi connectivity index (χ2n) is 10.6. The van der Waals surface area contributed by atoms with Crippen LogP contribution in [0.25, 0.3) is 0 Å². The zero-order valence-electron chi connectivity index (χ0n) is 22.2. The summed E-state index contributed by atoms with van der Waals surface area (Å²) in [6.45, 7) is 5.30. The van der Waals surface area contributed by atoms with Crippen molar-refractivity contribution < 1.29 is 19.1 Å². The summed E-state index contributed by atoms with van der Waals surface area (Å²) < 4.78 is 12.5. The van der Waals surface area contributed by atoms with Crippen LogP contribution in [0.3, 0.4) is 0 Å². The predicted octanol–water partition coefficient (Wildman–Crippen LogP) is 6.35. The fraction of sp³-hybridized carbons (Fsp3) is 0.375. The van der Waals surface area contributed by atoms with Crippen molar-refractivity contribution in [1.82, 2.24) is 9.80 Å². The molecule has 6 heteroatoms. The first-order chi connectivity index (χ1) is 18.3. The van der Waals surface area contributed by atoms with Crippen molar-refractivity contribution in [2.45, 2.75) is 44.1 Å². The average molecular weight is 517 g/mol. The van der Waals surface area contributed by atoms with E-state index < -0.39 is 6.09 Å². The Morgan fingerprint density at radius 2 is 1.53 bits per heavy atom. The number of Topliss-reactive ketones (excluding diaryl/α,β-unsaturated/α-hetero) is 1. The lowest BCUT2D eigenvalue weighted by atomic mass is 9.70. The Labute approximate surface area is 224 Å². The number of hydrogen-bond acceptors (Lipinski definition) is 3. The molecule has 5 nitrogen and oxygen atoms in total. The number of ketones is 1. The maximum absolute atomic E-state index is 12.5. The molecule has 1 aliphatic carbocycles. The van der Waals surface area contributed by atoms with Crippen LogP contribution in [0.15, 0.2) is 84.9 Å². The Kier molecular flexibility index (Phi) is 8.95. The molecule has 2 fully saturated rings. The summed E-state index contributed by atoms with van der Waals surface area (Å²) in [5.41, 5.74) is 3.20. The van der Waals surface area contributed by atoms with Gasteiger partial charge in [-0.1, -0.05) is 72.8 Å². The Bertz CT molecular complexity index is 1190. The molecular formula is C32H37FN2O3. The highest BCUT2D eigenvalue weighted by molar-refractivity contribution is 5.88. The molecule has 1 amide bonds. The lowest BCUT2D eigenvalue weighted by molar-refractivity contribution is -0.124. The minimum Gasteiger partial charge on any atom is -0.465 e. The quantitative estimate of drug-likeness (QED) is 0.398. The summed E-state index contributed by atoms with van der Waals surface area (Å²) in [4.78, 5) is 26.6. The Morgan fingerprint density at radius 1 is 0.947 bits per heavy atom. The van der Waals surface area contributed by atoms with E-state index in [1.54, 1.807) is 19.1 Å². The summed E-state index contributed by atoms with van der Waals surface area (Å²) in [6.07, 6.45) is 2.23. The van der Waals surface area contributed by atoms with Crippen LogP contribution in [-0.2, 0) is 16.8 Å². The lowest BCUT2D eigenvalue weighted by Crippen LogP contribution is -2.47. The monoisotopic (exact) mass is 516 g/mol. The molecule has 0 bridgehead atoms. The summed E-state index contributed by atoms with van der Waals surface area (Å²) in [5, 5.41) is 8.55. The number of carboxylic acid groups (broad SMARTS) is 1. The number of carbonyl (C=O) groups is 2. The Balaban J connectivity index is 0.000000219. The normalized spacial score (nSPS) is 20.1. The first-order valence-corrected chi connectivity index (χ1v) is 13.3. The second kappa shape index (κ2) is 12.4. The van der Waals surface area contributed by atoms with Crippen molar-refractivity contribution in [2.24, 2.45) is 5.92 Å². The van der Waals surface area contributed by atoms with E-state index in [0.717, 1.165) is 48.2 Å². The fourth-order valence-corrected chi connectivity index (χ4v) is 5.54. The zero-order chi connectivity index (χ0) is 27.1. The molecule has 1 aliphatic heterocycles. The van der Waals surface area contributed by atoms with Crippen molar-refractivity contribution >= 4 is 11.9 Å². The molecule has 0 aromatic heterocycles. The van der Waals surface area contributed by atoms with Crippen LogP contribution in [0.2, 0.25) is 0 Å². The summed E-state index contributed by atoms with van der Waals surface area (Å²) >= 11 is 0. The van der Waals surface area contributed by atoms with Gasteiger partial charge in [0.05, 0.1) is 5.41 Å². The van der Waals surface area contributed by atoms with Gasteiger partial charge in [-0.2, -0.15) is 0 Å². The standard InChI is InChI=1S/C23H27NO.C9H10FNO2/c1-18(25)23(21-10-6-3-7-11-21)12-14-24(15-13-23)17-20-16-22(20)19-8-4-2-5-9-19;1-11(9(12)13)6-7-2-4-8(10)5-3-7/h2-11,20,22H,12-17H2,1H3;2-5H,6H2,1H3,(H,12,13)/t20-,22+;/m0./s1. The molecule has 200 valence electrons. The molecule has 5 rings (SSSR count). The third kappa shape index (κ3) is 6.87. The summed E-state index contributed by atoms with van der Waals surface area (Å²) in [5.74, 6) is 1.55. The van der Waals surface area contributed by atoms with E-state index >= 15 is 0 Å². The number of rotatable bonds is 7. The van der Waals surface area contributed by atoms with Crippen LogP contribution >= 0.6 is 0 Å². The van der Waals surface area contributed by atoms with E-state index in [4.69, 9.17) is 5.11 Å². The van der Waals surface area contributed by atoms with Crippen LogP contribution in [0, 0.1) is 11.7 Å². The highest BCUT2D eigenvalue weighted by Gasteiger charge is 2.43. The van der Waals surface area contributed by atoms with Crippen LogP contribution in [0.4, 0.5) is 9.18 Å². The maximum Gasteiger partial charge on any atom is 0.407 e. The van der Waals surface area contributed by atoms with Gasteiger partial charge in [-0.15, -0.1) is 0 Å². The topological polar surface area (TPSA) is 60.9 Å². The molecule has 3 aromatic carbocycles. The predicted molar refractivity (Wildman–Crippen MR) is 148 cm³/mol. The third-order valence-electron chi connectivity index (χ3n) is 8.01. The molecule has 1 N–H and O–H groups in total. The Morgan fingerprint density at radius 3 is 2.08 bits per heavy atom. The lowest BCUT2D eigenvalue weighted by Gasteiger charge is -2.40. The van der Waals surface area contributed by atoms with Gasteiger partial charge in [-0.3, -0.25) is 4.79 Å². The molecule has 0 spiro atoms. The first kappa shape index (κ1) is 27.5. The van der Waals surface area contributed by atoms with Crippen LogP contribution in [0.5, 0.6) is 0 Å². The van der Waals surface area contributed by atoms with Gasteiger partial charge in [-0.05, 0) is 79.9 Å². The number of halogens is 1. The van der Waals surface area contributed by atoms with E-state index in [2.05, 4.69) is 59.5 Å². The van der Waals surface area contributed by atoms with Crippen LogP contribution in [0.1, 0.15) is 48.8 Å². The number of hydrogen-bond donors (Lipinski definition) is 1. The second-order valence-corrected chi connectivity index (χ2v) is 10.6. The van der Waals surface area contributed by atoms with Gasteiger partial charge in [0.25, 0.3) is 0 Å². The molecule has 38 heavy (non-hydrogen) atoms. The van der Waals surface area contributed by atoms with E-state index in [1.165, 1.54) is 43.3 Å². The molecule has 0 radical (unpaired) electrons. The van der Waals surface area contributed by atoms with Gasteiger partial charge < -0.3 is 14.9 Å². The molecule has 3 aromatic rings. The molecule has 1 heterocycles. The van der Waals surface area contributed by atoms with Crippen molar-refractivity contribution in [3.05, 3.63) is 107 Å². The average Bonchev–Trinajstić information content (AvgIpc) is 3.71. The number of carbonyl (C=O) groups excluding carboxylic acids is 1. The van der Waals surface area contributed by atoms with Crippen molar-refractivity contribution in [3.8, 4) is 0 Å². The van der Waals surface area contributed by atoms with E-state index in [0.29, 0.717) is 5.78 Å². The highest BCUT2D eigenvalue weighted by Crippen LogP contribution is 2.48. The molecule has 2 aliphatic rings. The Hall–Kier alpha value is -3.51. The third-order valence-corrected chi connectivity index (χ3v) is 8.01. The molecule has 0 unspecified atom stereocenters. The van der Waals surface area contributed by atoms with Crippen molar-refractivity contribution in [3.63, 3.8) is 0 Å². The van der Waals surface area contributed by atoms with Gasteiger partial charge in [0.2, 0.25) is 0 Å². The van der Waals surface area contributed by atoms with Crippen LogP contribution < -0.4 is 0 Å². The van der Waals surface area contributed by atoms with Crippen LogP contribution in [-0.4, -0.2) is 53.5 Å². The molecule has 2 atom stereocenters. The largest absolute Gasteiger partial charge is 0.465 e. The van der Waals surface area contributed by atoms with Gasteiger partial charge in [0.1, 0.15) is 11.6 Å². The number of amides is 1. The van der Waals surface area contributed by atoms with Gasteiger partial charge in [0, 0.05) is 20.1 Å². The van der Waals surface area contributed by atoms with Gasteiger partial charge in [0.15, 0.2) is 0 Å². The number of piperidine rings is 1. The fourth-order valence-electron chi connectivity index (χ4n) is 5.54. The van der Waals surface area contributed by atoms with Gasteiger partial charge in [-0.25, -0.2) is 9.18 Å². The van der Waals surface area contributed by atoms with E-state index in [1.807, 2.05) is 6.07 Å². The minimum atomic E-state index is -0.996.